The van der Waals surface area contributed by atoms with Crippen molar-refractivity contribution in [2.24, 2.45) is 0 Å². The number of benzene rings is 1. The van der Waals surface area contributed by atoms with Crippen LogP contribution in [0.4, 0.5) is 11.4 Å². The second-order valence-electron chi connectivity index (χ2n) is 4.67. The zero-order valence-electron chi connectivity index (χ0n) is 11.8. The van der Waals surface area contributed by atoms with Crippen molar-refractivity contribution in [2.45, 2.75) is 32.3 Å². The topological polar surface area (TPSA) is 87.4 Å². The maximum absolute atomic E-state index is 11.8. The van der Waals surface area contributed by atoms with Crippen LogP contribution in [0.5, 0.6) is 0 Å². The second-order valence-corrected chi connectivity index (χ2v) is 4.67. The molecule has 5 N–H and O–H groups in total. The van der Waals surface area contributed by atoms with E-state index in [4.69, 9.17) is 5.73 Å². The molecule has 5 heteroatoms. The summed E-state index contributed by atoms with van der Waals surface area (Å²) in [4.78, 5) is 11.8. The molecule has 5 nitrogen and oxygen atoms in total. The number of amides is 1. The Morgan fingerprint density at radius 3 is 2.53 bits per heavy atom. The molecule has 0 aromatic heterocycles. The Balaban J connectivity index is 2.93. The normalized spacial score (nSPS) is 11.2. The number of carbonyl (C=O) groups excluding carboxylic acids is 1. The quantitative estimate of drug-likeness (QED) is 0.588. The molecule has 106 valence electrons. The van der Waals surface area contributed by atoms with E-state index in [2.05, 4.69) is 10.6 Å². The fourth-order valence-corrected chi connectivity index (χ4v) is 1.80. The molecule has 0 atom stereocenters. The van der Waals surface area contributed by atoms with Gasteiger partial charge in [-0.2, -0.15) is 0 Å². The third kappa shape index (κ3) is 3.86. The minimum Gasteiger partial charge on any atom is -0.399 e. The van der Waals surface area contributed by atoms with Crippen LogP contribution >= 0.6 is 0 Å². The van der Waals surface area contributed by atoms with Crippen LogP contribution < -0.4 is 16.4 Å². The van der Waals surface area contributed by atoms with E-state index in [1.54, 1.807) is 25.2 Å². The van der Waals surface area contributed by atoms with E-state index in [-0.39, 0.29) is 5.91 Å². The van der Waals surface area contributed by atoms with Crippen LogP contribution in [0.15, 0.2) is 18.2 Å². The lowest BCUT2D eigenvalue weighted by Gasteiger charge is -2.26. The number of nitrogens with one attached hydrogen (secondary N) is 2. The molecule has 1 rings (SSSR count). The number of hydrogen-bond donors (Lipinski definition) is 4. The molecule has 0 saturated carbocycles. The maximum atomic E-state index is 11.8. The van der Waals surface area contributed by atoms with E-state index >= 15 is 0 Å². The predicted molar refractivity (Wildman–Crippen MR) is 78.3 cm³/mol. The monoisotopic (exact) mass is 265 g/mol. The zero-order valence-corrected chi connectivity index (χ0v) is 11.8. The van der Waals surface area contributed by atoms with Crippen LogP contribution in [0, 0.1) is 0 Å². The van der Waals surface area contributed by atoms with Crippen molar-refractivity contribution < 1.29 is 9.90 Å². The largest absolute Gasteiger partial charge is 0.399 e. The minimum atomic E-state index is -0.773. The molecule has 0 aliphatic carbocycles. The molecule has 0 saturated heterocycles. The number of nitrogen functional groups attached to an aromatic ring is 1. The van der Waals surface area contributed by atoms with E-state index < -0.39 is 5.60 Å². The van der Waals surface area contributed by atoms with Gasteiger partial charge in [0.1, 0.15) is 0 Å². The molecular weight excluding hydrogens is 242 g/mol. The first-order chi connectivity index (χ1) is 8.95. The van der Waals surface area contributed by atoms with Crippen molar-refractivity contribution in [3.63, 3.8) is 0 Å². The Bertz CT molecular complexity index is 442. The van der Waals surface area contributed by atoms with Gasteiger partial charge in [-0.15, -0.1) is 0 Å². The van der Waals surface area contributed by atoms with Crippen molar-refractivity contribution in [3.05, 3.63) is 23.8 Å². The summed E-state index contributed by atoms with van der Waals surface area (Å²) in [6, 6.07) is 5.06. The zero-order chi connectivity index (χ0) is 14.5. The van der Waals surface area contributed by atoms with E-state index in [0.717, 1.165) is 0 Å². The average molecular weight is 265 g/mol. The number of nitrogens with two attached hydrogens (primary N) is 1. The van der Waals surface area contributed by atoms with Gasteiger partial charge in [0.05, 0.1) is 11.2 Å². The summed E-state index contributed by atoms with van der Waals surface area (Å²) >= 11 is 0. The van der Waals surface area contributed by atoms with Gasteiger partial charge in [-0.05, 0) is 31.0 Å². The van der Waals surface area contributed by atoms with Crippen LogP contribution in [0.2, 0.25) is 0 Å². The molecule has 0 unspecified atom stereocenters. The lowest BCUT2D eigenvalue weighted by Crippen LogP contribution is -2.36. The van der Waals surface area contributed by atoms with Crippen LogP contribution in [-0.2, 0) is 0 Å². The van der Waals surface area contributed by atoms with E-state index in [9.17, 15) is 9.90 Å². The summed E-state index contributed by atoms with van der Waals surface area (Å²) in [6.07, 6.45) is 1.29. The summed E-state index contributed by atoms with van der Waals surface area (Å²) in [5.74, 6) is -0.181. The molecule has 0 bridgehead atoms. The summed E-state index contributed by atoms with van der Waals surface area (Å²) in [5, 5.41) is 16.0. The van der Waals surface area contributed by atoms with Crippen molar-refractivity contribution >= 4 is 17.3 Å². The van der Waals surface area contributed by atoms with Gasteiger partial charge in [-0.1, -0.05) is 13.8 Å². The number of rotatable bonds is 6. The SMILES string of the molecule is CCC(O)(CC)CNc1cc(N)ccc1C(=O)NC. The van der Waals surface area contributed by atoms with Gasteiger partial charge in [0.25, 0.3) is 5.91 Å². The smallest absolute Gasteiger partial charge is 0.253 e. The number of anilines is 2. The lowest BCUT2D eigenvalue weighted by atomic mass is 9.97. The third-order valence-corrected chi connectivity index (χ3v) is 3.44. The molecule has 0 fully saturated rings. The fraction of sp³-hybridized carbons (Fsp3) is 0.500. The highest BCUT2D eigenvalue weighted by Crippen LogP contribution is 2.22. The molecule has 0 spiro atoms. The Hall–Kier alpha value is -1.75. The summed E-state index contributed by atoms with van der Waals surface area (Å²) in [6.45, 7) is 4.25. The first kappa shape index (κ1) is 15.3. The van der Waals surface area contributed by atoms with E-state index in [0.29, 0.717) is 36.3 Å². The van der Waals surface area contributed by atoms with Gasteiger partial charge in [-0.25, -0.2) is 0 Å². The molecule has 0 aliphatic heterocycles. The first-order valence-corrected chi connectivity index (χ1v) is 6.53. The Labute approximate surface area is 114 Å². The van der Waals surface area contributed by atoms with Gasteiger partial charge < -0.3 is 21.5 Å². The molecule has 0 heterocycles. The molecule has 0 radical (unpaired) electrons. The molecule has 1 amide bonds. The van der Waals surface area contributed by atoms with Gasteiger partial charge >= 0.3 is 0 Å². The van der Waals surface area contributed by atoms with Crippen LogP contribution in [0.25, 0.3) is 0 Å². The third-order valence-electron chi connectivity index (χ3n) is 3.44. The summed E-state index contributed by atoms with van der Waals surface area (Å²) in [7, 11) is 1.58. The van der Waals surface area contributed by atoms with Crippen molar-refractivity contribution in [1.29, 1.82) is 0 Å². The molecule has 1 aromatic carbocycles. The fourth-order valence-electron chi connectivity index (χ4n) is 1.80. The van der Waals surface area contributed by atoms with Crippen LogP contribution in [0.1, 0.15) is 37.0 Å². The highest BCUT2D eigenvalue weighted by atomic mass is 16.3. The van der Waals surface area contributed by atoms with Gasteiger partial charge in [0.2, 0.25) is 0 Å². The molecule has 19 heavy (non-hydrogen) atoms. The first-order valence-electron chi connectivity index (χ1n) is 6.53. The summed E-state index contributed by atoms with van der Waals surface area (Å²) in [5.41, 5.74) is 6.70. The molecule has 1 aromatic rings. The van der Waals surface area contributed by atoms with Gasteiger partial charge in [-0.3, -0.25) is 4.79 Å². The van der Waals surface area contributed by atoms with Crippen LogP contribution in [0.3, 0.4) is 0 Å². The standard InChI is InChI=1S/C14H23N3O2/c1-4-14(19,5-2)9-17-12-8-10(15)6-7-11(12)13(18)16-3/h6-8,17,19H,4-5,9,15H2,1-3H3,(H,16,18). The van der Waals surface area contributed by atoms with Crippen molar-refractivity contribution in [2.75, 3.05) is 24.6 Å². The second kappa shape index (κ2) is 6.43. The van der Waals surface area contributed by atoms with Gasteiger partial charge in [0.15, 0.2) is 0 Å². The predicted octanol–water partition coefficient (Wildman–Crippen LogP) is 1.59. The van der Waals surface area contributed by atoms with E-state index in [1.165, 1.54) is 0 Å². The maximum Gasteiger partial charge on any atom is 0.253 e. The lowest BCUT2D eigenvalue weighted by molar-refractivity contribution is 0.0456. The number of aliphatic hydroxyl groups is 1. The van der Waals surface area contributed by atoms with Gasteiger partial charge in [0, 0.05) is 25.0 Å². The Kier molecular flexibility index (Phi) is 5.18. The number of carbonyl (C=O) groups is 1. The molecule has 0 aliphatic rings. The Morgan fingerprint density at radius 2 is 2.00 bits per heavy atom. The summed E-state index contributed by atoms with van der Waals surface area (Å²) < 4.78 is 0. The number of hydrogen-bond acceptors (Lipinski definition) is 4. The van der Waals surface area contributed by atoms with Crippen molar-refractivity contribution in [3.8, 4) is 0 Å². The minimum absolute atomic E-state index is 0.181. The highest BCUT2D eigenvalue weighted by Gasteiger charge is 2.22. The van der Waals surface area contributed by atoms with E-state index in [1.807, 2.05) is 13.8 Å². The van der Waals surface area contributed by atoms with Crippen molar-refractivity contribution in [1.82, 2.24) is 5.32 Å². The van der Waals surface area contributed by atoms with Crippen LogP contribution in [-0.4, -0.2) is 30.2 Å². The highest BCUT2D eigenvalue weighted by molar-refractivity contribution is 6.00. The molecular formula is C14H23N3O2. The average Bonchev–Trinajstić information content (AvgIpc) is 2.44. The Morgan fingerprint density at radius 1 is 1.37 bits per heavy atom.